The number of pyridine rings is 1. The van der Waals surface area contributed by atoms with E-state index in [0.29, 0.717) is 17.3 Å². The first kappa shape index (κ1) is 10.8. The average molecular weight is 197 g/mol. The van der Waals surface area contributed by atoms with Gasteiger partial charge in [0.25, 0.3) is 0 Å². The van der Waals surface area contributed by atoms with Gasteiger partial charge in [0, 0.05) is 12.1 Å². The van der Waals surface area contributed by atoms with Crippen molar-refractivity contribution in [3.05, 3.63) is 17.7 Å². The van der Waals surface area contributed by atoms with Crippen LogP contribution in [0.3, 0.4) is 0 Å². The third kappa shape index (κ3) is 2.35. The summed E-state index contributed by atoms with van der Waals surface area (Å²) >= 11 is 0. The van der Waals surface area contributed by atoms with Crippen LogP contribution >= 0.6 is 0 Å². The number of aliphatic hydroxyl groups is 1. The van der Waals surface area contributed by atoms with E-state index < -0.39 is 5.60 Å². The maximum atomic E-state index is 9.79. The molecule has 1 heterocycles. The number of rotatable bonds is 3. The maximum absolute atomic E-state index is 9.79. The quantitative estimate of drug-likeness (QED) is 0.794. The molecular formula is C10H15NO3. The Hall–Kier alpha value is -1.29. The molecule has 0 aromatic carbocycles. The van der Waals surface area contributed by atoms with Crippen LogP contribution in [0.2, 0.25) is 0 Å². The van der Waals surface area contributed by atoms with Crippen LogP contribution in [0, 0.1) is 0 Å². The summed E-state index contributed by atoms with van der Waals surface area (Å²) < 4.78 is 9.98. The molecule has 78 valence electrons. The van der Waals surface area contributed by atoms with E-state index in [9.17, 15) is 5.11 Å². The first-order chi connectivity index (χ1) is 6.47. The van der Waals surface area contributed by atoms with E-state index in [0.717, 1.165) is 0 Å². The Kier molecular flexibility index (Phi) is 2.96. The summed E-state index contributed by atoms with van der Waals surface area (Å²) in [7, 11) is 3.05. The largest absolute Gasteiger partial charge is 0.481 e. The van der Waals surface area contributed by atoms with Crippen molar-refractivity contribution in [1.29, 1.82) is 0 Å². The highest BCUT2D eigenvalue weighted by molar-refractivity contribution is 5.31. The van der Waals surface area contributed by atoms with Crippen molar-refractivity contribution in [3.63, 3.8) is 0 Å². The van der Waals surface area contributed by atoms with Gasteiger partial charge in [-0.3, -0.25) is 0 Å². The van der Waals surface area contributed by atoms with Gasteiger partial charge < -0.3 is 14.6 Å². The van der Waals surface area contributed by atoms with Crippen LogP contribution in [0.5, 0.6) is 11.8 Å². The molecule has 0 fully saturated rings. The summed E-state index contributed by atoms with van der Waals surface area (Å²) in [6.07, 6.45) is 0. The van der Waals surface area contributed by atoms with Crippen molar-refractivity contribution < 1.29 is 14.6 Å². The van der Waals surface area contributed by atoms with Crippen molar-refractivity contribution >= 4 is 0 Å². The van der Waals surface area contributed by atoms with Gasteiger partial charge in [0.2, 0.25) is 11.8 Å². The third-order valence-electron chi connectivity index (χ3n) is 1.90. The van der Waals surface area contributed by atoms with Gasteiger partial charge in [0.1, 0.15) is 0 Å². The first-order valence-electron chi connectivity index (χ1n) is 4.30. The molecule has 0 saturated carbocycles. The van der Waals surface area contributed by atoms with Crippen LogP contribution in [0.25, 0.3) is 0 Å². The number of hydrogen-bond acceptors (Lipinski definition) is 4. The van der Waals surface area contributed by atoms with Crippen LogP contribution < -0.4 is 9.47 Å². The summed E-state index contributed by atoms with van der Waals surface area (Å²) in [5.41, 5.74) is -0.218. The second-order valence-electron chi connectivity index (χ2n) is 3.50. The molecule has 1 aromatic heterocycles. The van der Waals surface area contributed by atoms with Crippen LogP contribution in [-0.2, 0) is 5.60 Å². The monoisotopic (exact) mass is 197 g/mol. The molecule has 0 aliphatic heterocycles. The highest BCUT2D eigenvalue weighted by Crippen LogP contribution is 2.26. The summed E-state index contributed by atoms with van der Waals surface area (Å²) in [4.78, 5) is 4.03. The second kappa shape index (κ2) is 3.84. The minimum Gasteiger partial charge on any atom is -0.481 e. The van der Waals surface area contributed by atoms with E-state index >= 15 is 0 Å². The van der Waals surface area contributed by atoms with Crippen molar-refractivity contribution in [3.8, 4) is 11.8 Å². The standard InChI is InChI=1S/C10H15NO3/c1-10(2,12)7-5-8(13-3)11-9(6-7)14-4/h5-6,12H,1-4H3. The van der Waals surface area contributed by atoms with Crippen molar-refractivity contribution in [2.75, 3.05) is 14.2 Å². The van der Waals surface area contributed by atoms with Crippen molar-refractivity contribution in [1.82, 2.24) is 4.98 Å². The molecule has 0 amide bonds. The molecule has 0 radical (unpaired) electrons. The van der Waals surface area contributed by atoms with Crippen LogP contribution in [0.4, 0.5) is 0 Å². The molecule has 0 bridgehead atoms. The summed E-state index contributed by atoms with van der Waals surface area (Å²) in [5.74, 6) is 0.864. The molecule has 0 saturated heterocycles. The van der Waals surface area contributed by atoms with Gasteiger partial charge in [0.05, 0.1) is 19.8 Å². The molecule has 4 nitrogen and oxygen atoms in total. The Morgan fingerprint density at radius 1 is 1.14 bits per heavy atom. The van der Waals surface area contributed by atoms with Gasteiger partial charge in [-0.05, 0) is 19.4 Å². The van der Waals surface area contributed by atoms with Crippen LogP contribution in [0.15, 0.2) is 12.1 Å². The van der Waals surface area contributed by atoms with Gasteiger partial charge in [-0.2, -0.15) is 4.98 Å². The van der Waals surface area contributed by atoms with E-state index in [4.69, 9.17) is 9.47 Å². The zero-order chi connectivity index (χ0) is 10.8. The fourth-order valence-corrected chi connectivity index (χ4v) is 1.04. The topological polar surface area (TPSA) is 51.6 Å². The Labute approximate surface area is 83.5 Å². The van der Waals surface area contributed by atoms with Gasteiger partial charge in [-0.15, -0.1) is 0 Å². The molecule has 14 heavy (non-hydrogen) atoms. The average Bonchev–Trinajstić information content (AvgIpc) is 2.15. The zero-order valence-electron chi connectivity index (χ0n) is 8.87. The smallest absolute Gasteiger partial charge is 0.216 e. The normalized spacial score (nSPS) is 11.2. The fourth-order valence-electron chi connectivity index (χ4n) is 1.04. The highest BCUT2D eigenvalue weighted by Gasteiger charge is 2.18. The van der Waals surface area contributed by atoms with Crippen LogP contribution in [0.1, 0.15) is 19.4 Å². The van der Waals surface area contributed by atoms with Gasteiger partial charge in [-0.1, -0.05) is 0 Å². The lowest BCUT2D eigenvalue weighted by Gasteiger charge is -2.18. The molecular weight excluding hydrogens is 182 g/mol. The van der Waals surface area contributed by atoms with Gasteiger partial charge in [0.15, 0.2) is 0 Å². The zero-order valence-corrected chi connectivity index (χ0v) is 8.87. The van der Waals surface area contributed by atoms with E-state index in [1.807, 2.05) is 0 Å². The van der Waals surface area contributed by atoms with E-state index in [1.165, 1.54) is 14.2 Å². The highest BCUT2D eigenvalue weighted by atomic mass is 16.5. The molecule has 1 aromatic rings. The van der Waals surface area contributed by atoms with E-state index in [-0.39, 0.29) is 0 Å². The maximum Gasteiger partial charge on any atom is 0.216 e. The third-order valence-corrected chi connectivity index (χ3v) is 1.90. The van der Waals surface area contributed by atoms with Crippen molar-refractivity contribution in [2.45, 2.75) is 19.4 Å². The van der Waals surface area contributed by atoms with Crippen LogP contribution in [-0.4, -0.2) is 24.3 Å². The van der Waals surface area contributed by atoms with Crippen molar-refractivity contribution in [2.24, 2.45) is 0 Å². The lowest BCUT2D eigenvalue weighted by Crippen LogP contribution is -2.16. The predicted molar refractivity (Wildman–Crippen MR) is 52.6 cm³/mol. The number of nitrogens with zero attached hydrogens (tertiary/aromatic N) is 1. The van der Waals surface area contributed by atoms with E-state index in [1.54, 1.807) is 26.0 Å². The molecule has 1 N–H and O–H groups in total. The molecule has 1 rings (SSSR count). The summed E-state index contributed by atoms with van der Waals surface area (Å²) in [6, 6.07) is 3.37. The molecule has 0 atom stereocenters. The molecule has 0 unspecified atom stereocenters. The number of hydrogen-bond donors (Lipinski definition) is 1. The van der Waals surface area contributed by atoms with Gasteiger partial charge in [-0.25, -0.2) is 0 Å². The number of aromatic nitrogens is 1. The number of methoxy groups -OCH3 is 2. The molecule has 4 heteroatoms. The summed E-state index contributed by atoms with van der Waals surface area (Å²) in [6.45, 7) is 3.39. The SMILES string of the molecule is COc1cc(C(C)(C)O)cc(OC)n1. The number of ether oxygens (including phenoxy) is 2. The van der Waals surface area contributed by atoms with E-state index in [2.05, 4.69) is 4.98 Å². The Morgan fingerprint density at radius 3 is 1.86 bits per heavy atom. The minimum absolute atomic E-state index is 0.432. The predicted octanol–water partition coefficient (Wildman–Crippen LogP) is 1.33. The molecule has 0 spiro atoms. The Balaban J connectivity index is 3.17. The summed E-state index contributed by atoms with van der Waals surface area (Å²) in [5, 5.41) is 9.79. The second-order valence-corrected chi connectivity index (χ2v) is 3.50. The molecule has 0 aliphatic rings. The lowest BCUT2D eigenvalue weighted by molar-refractivity contribution is 0.0778. The fraction of sp³-hybridized carbons (Fsp3) is 0.500. The van der Waals surface area contributed by atoms with Gasteiger partial charge >= 0.3 is 0 Å². The minimum atomic E-state index is -0.927. The molecule has 0 aliphatic carbocycles. The first-order valence-corrected chi connectivity index (χ1v) is 4.30. The Morgan fingerprint density at radius 2 is 1.57 bits per heavy atom. The Bertz CT molecular complexity index is 295. The lowest BCUT2D eigenvalue weighted by atomic mass is 10.00.